The minimum absolute atomic E-state index is 0.0747. The lowest BCUT2D eigenvalue weighted by atomic mass is 9.82. The van der Waals surface area contributed by atoms with Crippen LogP contribution in [0, 0.1) is 5.41 Å². The molecule has 1 aliphatic rings. The molecule has 0 spiro atoms. The number of hydrogen-bond donors (Lipinski definition) is 1. The van der Waals surface area contributed by atoms with Crippen molar-refractivity contribution in [3.8, 4) is 0 Å². The predicted octanol–water partition coefficient (Wildman–Crippen LogP) is 1.89. The maximum absolute atomic E-state index is 9.60. The van der Waals surface area contributed by atoms with Gasteiger partial charge in [-0.15, -0.1) is 0 Å². The number of hydrogen-bond acceptors (Lipinski definition) is 3. The molecule has 1 heterocycles. The fourth-order valence-corrected chi connectivity index (χ4v) is 2.37. The average molecular weight is 229 g/mol. The third kappa shape index (κ3) is 3.19. The van der Waals surface area contributed by atoms with E-state index in [9.17, 15) is 5.11 Å². The summed E-state index contributed by atoms with van der Waals surface area (Å²) >= 11 is 0. The van der Waals surface area contributed by atoms with Crippen LogP contribution < -0.4 is 0 Å². The maximum atomic E-state index is 9.60. The average Bonchev–Trinajstić information content (AvgIpc) is 2.31. The van der Waals surface area contributed by atoms with Crippen LogP contribution in [0.2, 0.25) is 0 Å². The van der Waals surface area contributed by atoms with Crippen molar-refractivity contribution in [3.63, 3.8) is 0 Å². The molecule has 1 aliphatic heterocycles. The van der Waals surface area contributed by atoms with E-state index in [2.05, 4.69) is 32.6 Å². The second kappa shape index (κ2) is 5.99. The molecule has 2 atom stereocenters. The number of aliphatic hydroxyl groups is 1. The van der Waals surface area contributed by atoms with E-state index in [4.69, 9.17) is 4.74 Å². The van der Waals surface area contributed by atoms with E-state index in [1.165, 1.54) is 0 Å². The number of morpholine rings is 1. The topological polar surface area (TPSA) is 32.7 Å². The van der Waals surface area contributed by atoms with Crippen LogP contribution in [0.1, 0.15) is 40.5 Å². The molecule has 0 aromatic rings. The molecule has 1 N–H and O–H groups in total. The molecule has 1 saturated heterocycles. The summed E-state index contributed by atoms with van der Waals surface area (Å²) in [5, 5.41) is 9.60. The predicted molar refractivity (Wildman–Crippen MR) is 66.5 cm³/mol. The SMILES string of the molecule is CCC(CC)(CO)CN1CC(C)OCC1C. The lowest BCUT2D eigenvalue weighted by molar-refractivity contribution is -0.0700. The van der Waals surface area contributed by atoms with Crippen LogP contribution in [-0.4, -0.2) is 48.5 Å². The monoisotopic (exact) mass is 229 g/mol. The minimum atomic E-state index is 0.0747. The number of ether oxygens (including phenoxy) is 1. The van der Waals surface area contributed by atoms with Crippen molar-refractivity contribution >= 4 is 0 Å². The molecule has 0 aromatic carbocycles. The van der Waals surface area contributed by atoms with Crippen LogP contribution in [0.5, 0.6) is 0 Å². The summed E-state index contributed by atoms with van der Waals surface area (Å²) in [4.78, 5) is 2.47. The Labute approximate surface area is 99.8 Å². The highest BCUT2D eigenvalue weighted by Gasteiger charge is 2.32. The molecule has 96 valence electrons. The molecule has 3 nitrogen and oxygen atoms in total. The molecule has 0 aromatic heterocycles. The van der Waals surface area contributed by atoms with Gasteiger partial charge in [-0.05, 0) is 26.7 Å². The summed E-state index contributed by atoms with van der Waals surface area (Å²) in [5.74, 6) is 0. The Kier molecular flexibility index (Phi) is 5.22. The summed E-state index contributed by atoms with van der Waals surface area (Å²) in [6.45, 7) is 11.8. The Morgan fingerprint density at radius 1 is 1.31 bits per heavy atom. The van der Waals surface area contributed by atoms with Gasteiger partial charge >= 0.3 is 0 Å². The van der Waals surface area contributed by atoms with Gasteiger partial charge < -0.3 is 9.84 Å². The lowest BCUT2D eigenvalue weighted by Crippen LogP contribution is -2.52. The third-order valence-electron chi connectivity index (χ3n) is 4.11. The van der Waals surface area contributed by atoms with Crippen LogP contribution in [0.15, 0.2) is 0 Å². The van der Waals surface area contributed by atoms with E-state index >= 15 is 0 Å². The highest BCUT2D eigenvalue weighted by molar-refractivity contribution is 4.84. The van der Waals surface area contributed by atoms with E-state index in [0.717, 1.165) is 32.5 Å². The minimum Gasteiger partial charge on any atom is -0.396 e. The summed E-state index contributed by atoms with van der Waals surface area (Å²) in [6, 6.07) is 0.472. The van der Waals surface area contributed by atoms with Crippen molar-refractivity contribution in [1.29, 1.82) is 0 Å². The summed E-state index contributed by atoms with van der Waals surface area (Å²) < 4.78 is 5.63. The Hall–Kier alpha value is -0.120. The van der Waals surface area contributed by atoms with Gasteiger partial charge in [0.1, 0.15) is 0 Å². The zero-order valence-corrected chi connectivity index (χ0v) is 11.2. The van der Waals surface area contributed by atoms with Crippen LogP contribution in [-0.2, 0) is 4.74 Å². The van der Waals surface area contributed by atoms with Gasteiger partial charge in [-0.25, -0.2) is 0 Å². The lowest BCUT2D eigenvalue weighted by Gasteiger charge is -2.42. The van der Waals surface area contributed by atoms with E-state index in [1.807, 2.05) is 0 Å². The molecular weight excluding hydrogens is 202 g/mol. The van der Waals surface area contributed by atoms with Gasteiger partial charge in [0.2, 0.25) is 0 Å². The van der Waals surface area contributed by atoms with E-state index in [0.29, 0.717) is 18.8 Å². The molecule has 0 bridgehead atoms. The molecule has 0 amide bonds. The Morgan fingerprint density at radius 3 is 2.44 bits per heavy atom. The third-order valence-corrected chi connectivity index (χ3v) is 4.11. The van der Waals surface area contributed by atoms with Crippen molar-refractivity contribution in [2.24, 2.45) is 5.41 Å². The van der Waals surface area contributed by atoms with E-state index < -0.39 is 0 Å². The largest absolute Gasteiger partial charge is 0.396 e. The molecule has 3 heteroatoms. The first kappa shape index (κ1) is 13.9. The number of nitrogens with zero attached hydrogens (tertiary/aromatic N) is 1. The van der Waals surface area contributed by atoms with Gasteiger partial charge in [-0.1, -0.05) is 13.8 Å². The van der Waals surface area contributed by atoms with Crippen LogP contribution in [0.25, 0.3) is 0 Å². The van der Waals surface area contributed by atoms with Crippen molar-refractivity contribution in [3.05, 3.63) is 0 Å². The van der Waals surface area contributed by atoms with Crippen LogP contribution >= 0.6 is 0 Å². The molecule has 0 saturated carbocycles. The first-order valence-corrected chi connectivity index (χ1v) is 6.53. The second-order valence-corrected chi connectivity index (χ2v) is 5.29. The van der Waals surface area contributed by atoms with Gasteiger partial charge in [0.05, 0.1) is 12.7 Å². The Morgan fingerprint density at radius 2 is 1.94 bits per heavy atom. The van der Waals surface area contributed by atoms with Gasteiger partial charge in [0, 0.05) is 31.2 Å². The summed E-state index contributed by atoms with van der Waals surface area (Å²) in [5.41, 5.74) is 0.0747. The molecule has 0 radical (unpaired) electrons. The highest BCUT2D eigenvalue weighted by Crippen LogP contribution is 2.28. The fraction of sp³-hybridized carbons (Fsp3) is 1.00. The smallest absolute Gasteiger partial charge is 0.0674 e. The quantitative estimate of drug-likeness (QED) is 0.781. The maximum Gasteiger partial charge on any atom is 0.0674 e. The normalized spacial score (nSPS) is 28.3. The molecule has 2 unspecified atom stereocenters. The molecular formula is C13H27NO2. The molecule has 16 heavy (non-hydrogen) atoms. The summed E-state index contributed by atoms with van der Waals surface area (Å²) in [7, 11) is 0. The molecule has 0 aliphatic carbocycles. The highest BCUT2D eigenvalue weighted by atomic mass is 16.5. The van der Waals surface area contributed by atoms with Gasteiger partial charge in [-0.3, -0.25) is 4.90 Å². The van der Waals surface area contributed by atoms with Crippen molar-refractivity contribution in [1.82, 2.24) is 4.90 Å². The van der Waals surface area contributed by atoms with Crippen molar-refractivity contribution < 1.29 is 9.84 Å². The van der Waals surface area contributed by atoms with Crippen LogP contribution in [0.3, 0.4) is 0 Å². The van der Waals surface area contributed by atoms with E-state index in [1.54, 1.807) is 0 Å². The number of aliphatic hydroxyl groups excluding tert-OH is 1. The van der Waals surface area contributed by atoms with Crippen LogP contribution in [0.4, 0.5) is 0 Å². The number of rotatable bonds is 5. The fourth-order valence-electron chi connectivity index (χ4n) is 2.37. The Bertz CT molecular complexity index is 196. The van der Waals surface area contributed by atoms with E-state index in [-0.39, 0.29) is 5.41 Å². The van der Waals surface area contributed by atoms with Crippen molar-refractivity contribution in [2.75, 3.05) is 26.3 Å². The first-order chi connectivity index (χ1) is 7.56. The second-order valence-electron chi connectivity index (χ2n) is 5.29. The Balaban J connectivity index is 2.62. The zero-order valence-electron chi connectivity index (χ0n) is 11.2. The van der Waals surface area contributed by atoms with Gasteiger partial charge in [-0.2, -0.15) is 0 Å². The van der Waals surface area contributed by atoms with Crippen molar-refractivity contribution in [2.45, 2.75) is 52.7 Å². The first-order valence-electron chi connectivity index (χ1n) is 6.53. The zero-order chi connectivity index (χ0) is 12.2. The standard InChI is InChI=1S/C13H27NO2/c1-5-13(6-2,10-15)9-14-7-12(4)16-8-11(14)3/h11-12,15H,5-10H2,1-4H3. The van der Waals surface area contributed by atoms with Gasteiger partial charge in [0.15, 0.2) is 0 Å². The molecule has 1 fully saturated rings. The van der Waals surface area contributed by atoms with Gasteiger partial charge in [0.25, 0.3) is 0 Å². The summed E-state index contributed by atoms with van der Waals surface area (Å²) in [6.07, 6.45) is 2.40. The molecule has 1 rings (SSSR count).